The molecule has 2 aromatic carbocycles. The van der Waals surface area contributed by atoms with Crippen LogP contribution in [0.4, 0.5) is 0 Å². The van der Waals surface area contributed by atoms with Crippen LogP contribution in [-0.4, -0.2) is 26.4 Å². The summed E-state index contributed by atoms with van der Waals surface area (Å²) < 4.78 is 17.0. The summed E-state index contributed by atoms with van der Waals surface area (Å²) in [5, 5.41) is 4.59. The van der Waals surface area contributed by atoms with Crippen LogP contribution in [0, 0.1) is 0 Å². The Bertz CT molecular complexity index is 736. The number of hydrogen-bond donors (Lipinski definition) is 1. The lowest BCUT2D eigenvalue weighted by Crippen LogP contribution is -2.25. The molecule has 2 aromatic rings. The largest absolute Gasteiger partial charge is 0.493 e. The van der Waals surface area contributed by atoms with Crippen LogP contribution in [0.5, 0.6) is 11.5 Å². The molecule has 0 bridgehead atoms. The lowest BCUT2D eigenvalue weighted by Gasteiger charge is -2.16. The SMILES string of the molecule is COc1cc(CNCC2CCCO2)cc(Cl)c1OCc1ccccc1Cl.Cl. The molecule has 1 saturated heterocycles. The number of rotatable bonds is 8. The zero-order valence-corrected chi connectivity index (χ0v) is 17.5. The maximum Gasteiger partial charge on any atom is 0.180 e. The number of nitrogens with one attached hydrogen (secondary N) is 1. The summed E-state index contributed by atoms with van der Waals surface area (Å²) in [6.45, 7) is 2.72. The maximum atomic E-state index is 6.43. The van der Waals surface area contributed by atoms with Crippen molar-refractivity contribution in [1.29, 1.82) is 0 Å². The molecule has 148 valence electrons. The highest BCUT2D eigenvalue weighted by atomic mass is 35.5. The van der Waals surface area contributed by atoms with Crippen molar-refractivity contribution in [2.45, 2.75) is 32.1 Å². The third-order valence-electron chi connectivity index (χ3n) is 4.34. The molecule has 0 radical (unpaired) electrons. The third kappa shape index (κ3) is 6.16. The van der Waals surface area contributed by atoms with Crippen molar-refractivity contribution in [3.8, 4) is 11.5 Å². The van der Waals surface area contributed by atoms with Gasteiger partial charge in [-0.2, -0.15) is 0 Å². The number of benzene rings is 2. The summed E-state index contributed by atoms with van der Waals surface area (Å²) in [4.78, 5) is 0. The first-order valence-electron chi connectivity index (χ1n) is 8.72. The third-order valence-corrected chi connectivity index (χ3v) is 4.99. The molecule has 1 heterocycles. The highest BCUT2D eigenvalue weighted by Gasteiger charge is 2.16. The first-order valence-corrected chi connectivity index (χ1v) is 9.48. The van der Waals surface area contributed by atoms with Gasteiger partial charge in [0.05, 0.1) is 18.2 Å². The molecule has 1 atom stereocenters. The second-order valence-electron chi connectivity index (χ2n) is 6.26. The average molecular weight is 433 g/mol. The summed E-state index contributed by atoms with van der Waals surface area (Å²) in [6, 6.07) is 11.4. The van der Waals surface area contributed by atoms with Crippen LogP contribution in [0.1, 0.15) is 24.0 Å². The van der Waals surface area contributed by atoms with Crippen molar-refractivity contribution in [2.24, 2.45) is 0 Å². The molecular weight excluding hydrogens is 409 g/mol. The van der Waals surface area contributed by atoms with Crippen molar-refractivity contribution in [1.82, 2.24) is 5.32 Å². The monoisotopic (exact) mass is 431 g/mol. The Labute approximate surface area is 176 Å². The van der Waals surface area contributed by atoms with Crippen LogP contribution >= 0.6 is 35.6 Å². The van der Waals surface area contributed by atoms with Crippen molar-refractivity contribution >= 4 is 35.6 Å². The topological polar surface area (TPSA) is 39.7 Å². The van der Waals surface area contributed by atoms with Gasteiger partial charge in [0.1, 0.15) is 6.61 Å². The van der Waals surface area contributed by atoms with E-state index in [1.807, 2.05) is 36.4 Å². The van der Waals surface area contributed by atoms with Gasteiger partial charge in [0.15, 0.2) is 11.5 Å². The van der Waals surface area contributed by atoms with Crippen LogP contribution in [0.15, 0.2) is 36.4 Å². The molecule has 7 heteroatoms. The van der Waals surface area contributed by atoms with E-state index < -0.39 is 0 Å². The minimum Gasteiger partial charge on any atom is -0.493 e. The van der Waals surface area contributed by atoms with Crippen LogP contribution in [0.3, 0.4) is 0 Å². The van der Waals surface area contributed by atoms with Crippen LogP contribution in [-0.2, 0) is 17.9 Å². The van der Waals surface area contributed by atoms with Gasteiger partial charge in [0.2, 0.25) is 0 Å². The van der Waals surface area contributed by atoms with Gasteiger partial charge in [-0.1, -0.05) is 41.4 Å². The van der Waals surface area contributed by atoms with Gasteiger partial charge in [-0.05, 0) is 36.6 Å². The summed E-state index contributed by atoms with van der Waals surface area (Å²) >= 11 is 12.6. The second kappa shape index (κ2) is 11.0. The second-order valence-corrected chi connectivity index (χ2v) is 7.07. The predicted octanol–water partition coefficient (Wildman–Crippen LogP) is 5.27. The normalized spacial score (nSPS) is 16.0. The molecule has 1 unspecified atom stereocenters. The van der Waals surface area contributed by atoms with E-state index in [0.717, 1.165) is 37.1 Å². The van der Waals surface area contributed by atoms with E-state index in [4.69, 9.17) is 37.4 Å². The van der Waals surface area contributed by atoms with Crippen molar-refractivity contribution in [2.75, 3.05) is 20.3 Å². The first kappa shape index (κ1) is 22.1. The minimum atomic E-state index is 0. The molecule has 3 rings (SSSR count). The summed E-state index contributed by atoms with van der Waals surface area (Å²) in [5.41, 5.74) is 1.93. The Morgan fingerprint density at radius 2 is 2.00 bits per heavy atom. The summed E-state index contributed by atoms with van der Waals surface area (Å²) in [6.07, 6.45) is 2.57. The quantitative estimate of drug-likeness (QED) is 0.617. The van der Waals surface area contributed by atoms with E-state index >= 15 is 0 Å². The highest BCUT2D eigenvalue weighted by Crippen LogP contribution is 2.37. The number of methoxy groups -OCH3 is 1. The number of ether oxygens (including phenoxy) is 3. The van der Waals surface area contributed by atoms with E-state index in [-0.39, 0.29) is 12.4 Å². The van der Waals surface area contributed by atoms with Gasteiger partial charge in [-0.3, -0.25) is 0 Å². The molecular formula is C20H24Cl3NO3. The van der Waals surface area contributed by atoms with Gasteiger partial charge < -0.3 is 19.5 Å². The standard InChI is InChI=1S/C20H23Cl2NO3.ClH/c1-24-19-10-14(11-23-12-16-6-4-8-25-16)9-18(22)20(19)26-13-15-5-2-3-7-17(15)21;/h2-3,5,7,9-10,16,23H,4,6,8,11-13H2,1H3;1H. The Hall–Kier alpha value is -1.17. The Morgan fingerprint density at radius 1 is 1.19 bits per heavy atom. The van der Waals surface area contributed by atoms with E-state index in [1.54, 1.807) is 7.11 Å². The number of hydrogen-bond acceptors (Lipinski definition) is 4. The van der Waals surface area contributed by atoms with E-state index in [0.29, 0.717) is 40.8 Å². The molecule has 1 N–H and O–H groups in total. The smallest absolute Gasteiger partial charge is 0.180 e. The molecule has 0 saturated carbocycles. The minimum absolute atomic E-state index is 0. The Kier molecular flexibility index (Phi) is 9.00. The fraction of sp³-hybridized carbons (Fsp3) is 0.400. The maximum absolute atomic E-state index is 6.43. The molecule has 0 aromatic heterocycles. The molecule has 27 heavy (non-hydrogen) atoms. The fourth-order valence-electron chi connectivity index (χ4n) is 2.96. The van der Waals surface area contributed by atoms with E-state index in [2.05, 4.69) is 5.32 Å². The van der Waals surface area contributed by atoms with Crippen LogP contribution in [0.25, 0.3) is 0 Å². The van der Waals surface area contributed by atoms with Crippen LogP contribution in [0.2, 0.25) is 10.0 Å². The molecule has 1 aliphatic rings. The van der Waals surface area contributed by atoms with Gasteiger partial charge in [-0.25, -0.2) is 0 Å². The predicted molar refractivity (Wildman–Crippen MR) is 112 cm³/mol. The molecule has 0 amide bonds. The first-order chi connectivity index (χ1) is 12.7. The zero-order chi connectivity index (χ0) is 18.4. The van der Waals surface area contributed by atoms with Gasteiger partial charge in [0, 0.05) is 30.3 Å². The van der Waals surface area contributed by atoms with Crippen LogP contribution < -0.4 is 14.8 Å². The molecule has 0 aliphatic carbocycles. The Balaban J connectivity index is 0.00000261. The van der Waals surface area contributed by atoms with Gasteiger partial charge in [-0.15, -0.1) is 12.4 Å². The molecule has 4 nitrogen and oxygen atoms in total. The van der Waals surface area contributed by atoms with Gasteiger partial charge in [0.25, 0.3) is 0 Å². The van der Waals surface area contributed by atoms with Gasteiger partial charge >= 0.3 is 0 Å². The summed E-state index contributed by atoms with van der Waals surface area (Å²) in [5.74, 6) is 1.13. The van der Waals surface area contributed by atoms with Crippen molar-refractivity contribution in [3.63, 3.8) is 0 Å². The Morgan fingerprint density at radius 3 is 2.70 bits per heavy atom. The van der Waals surface area contributed by atoms with E-state index in [1.165, 1.54) is 0 Å². The number of halogens is 3. The molecule has 0 spiro atoms. The molecule has 1 aliphatic heterocycles. The lowest BCUT2D eigenvalue weighted by atomic mass is 10.2. The molecule has 1 fully saturated rings. The average Bonchev–Trinajstić information content (AvgIpc) is 3.15. The highest BCUT2D eigenvalue weighted by molar-refractivity contribution is 6.32. The lowest BCUT2D eigenvalue weighted by molar-refractivity contribution is 0.110. The zero-order valence-electron chi connectivity index (χ0n) is 15.2. The van der Waals surface area contributed by atoms with E-state index in [9.17, 15) is 0 Å². The van der Waals surface area contributed by atoms with Crippen molar-refractivity contribution < 1.29 is 14.2 Å². The fourth-order valence-corrected chi connectivity index (χ4v) is 3.44. The van der Waals surface area contributed by atoms with Crippen molar-refractivity contribution in [3.05, 3.63) is 57.6 Å². The summed E-state index contributed by atoms with van der Waals surface area (Å²) in [7, 11) is 1.61.